The molecule has 0 atom stereocenters. The van der Waals surface area contributed by atoms with Crippen LogP contribution in [0.5, 0.6) is 0 Å². The average Bonchev–Trinajstić information content (AvgIpc) is 2.65. The van der Waals surface area contributed by atoms with Crippen LogP contribution in [0.15, 0.2) is 63.0 Å². The Labute approximate surface area is 184 Å². The first-order valence-electron chi connectivity index (χ1n) is 9.30. The van der Waals surface area contributed by atoms with Gasteiger partial charge in [-0.15, -0.1) is 0 Å². The number of carbonyl (C=O) groups excluding carboxylic acids is 2. The SMILES string of the molecule is CC1(C)CC(=O)C/C(=N\NC(=O)c2ccc(NS(=O)(=O)c3ccc(Br)cc3)cc2)C1. The van der Waals surface area contributed by atoms with Crippen molar-refractivity contribution in [3.05, 3.63) is 58.6 Å². The summed E-state index contributed by atoms with van der Waals surface area (Å²) in [4.78, 5) is 24.3. The molecule has 0 aromatic heterocycles. The molecule has 0 spiro atoms. The van der Waals surface area contributed by atoms with E-state index < -0.39 is 15.9 Å². The molecule has 2 N–H and O–H groups in total. The molecule has 3 rings (SSSR count). The van der Waals surface area contributed by atoms with Crippen molar-refractivity contribution in [2.24, 2.45) is 10.5 Å². The summed E-state index contributed by atoms with van der Waals surface area (Å²) in [5, 5.41) is 4.12. The first-order chi connectivity index (χ1) is 14.0. The number of carbonyl (C=O) groups is 2. The highest BCUT2D eigenvalue weighted by molar-refractivity contribution is 9.10. The molecule has 2 aromatic carbocycles. The summed E-state index contributed by atoms with van der Waals surface area (Å²) in [7, 11) is -3.73. The first kappa shape index (κ1) is 22.2. The molecule has 1 amide bonds. The van der Waals surface area contributed by atoms with Gasteiger partial charge in [0.2, 0.25) is 0 Å². The Balaban J connectivity index is 1.65. The fraction of sp³-hybridized carbons (Fsp3) is 0.286. The Morgan fingerprint density at radius 2 is 1.67 bits per heavy atom. The third kappa shape index (κ3) is 5.76. The number of sulfonamides is 1. The van der Waals surface area contributed by atoms with Gasteiger partial charge in [0.05, 0.1) is 4.90 Å². The molecule has 0 radical (unpaired) electrons. The van der Waals surface area contributed by atoms with Crippen molar-refractivity contribution in [2.45, 2.75) is 38.0 Å². The van der Waals surface area contributed by atoms with Crippen LogP contribution in [0.2, 0.25) is 0 Å². The largest absolute Gasteiger partial charge is 0.299 e. The van der Waals surface area contributed by atoms with Gasteiger partial charge in [-0.1, -0.05) is 29.8 Å². The van der Waals surface area contributed by atoms with Gasteiger partial charge in [-0.2, -0.15) is 5.10 Å². The van der Waals surface area contributed by atoms with Crippen LogP contribution in [0, 0.1) is 5.41 Å². The summed E-state index contributed by atoms with van der Waals surface area (Å²) in [6.07, 6.45) is 1.41. The molecule has 0 aliphatic heterocycles. The number of nitrogens with one attached hydrogen (secondary N) is 2. The molecule has 1 aliphatic carbocycles. The highest BCUT2D eigenvalue weighted by Gasteiger charge is 2.30. The van der Waals surface area contributed by atoms with E-state index >= 15 is 0 Å². The van der Waals surface area contributed by atoms with Gasteiger partial charge in [-0.25, -0.2) is 13.8 Å². The standard InChI is InChI=1S/C21H22BrN3O4S/c1-21(2)12-17(11-18(26)13-21)23-24-20(27)14-3-7-16(8-4-14)25-30(28,29)19-9-5-15(22)6-10-19/h3-10,25H,11-13H2,1-2H3,(H,24,27)/b23-17+. The number of halogens is 1. The lowest BCUT2D eigenvalue weighted by Gasteiger charge is -2.28. The fourth-order valence-electron chi connectivity index (χ4n) is 3.29. The summed E-state index contributed by atoms with van der Waals surface area (Å²) < 4.78 is 28.1. The Kier molecular flexibility index (Phi) is 6.42. The van der Waals surface area contributed by atoms with Crippen LogP contribution >= 0.6 is 15.9 Å². The van der Waals surface area contributed by atoms with Crippen molar-refractivity contribution in [1.82, 2.24) is 5.43 Å². The Morgan fingerprint density at radius 1 is 1.03 bits per heavy atom. The van der Waals surface area contributed by atoms with E-state index in [1.54, 1.807) is 12.1 Å². The molecule has 2 aromatic rings. The molecule has 0 bridgehead atoms. The first-order valence-corrected chi connectivity index (χ1v) is 11.6. The molecule has 9 heteroatoms. The monoisotopic (exact) mass is 491 g/mol. The average molecular weight is 492 g/mol. The second-order valence-electron chi connectivity index (χ2n) is 7.99. The molecule has 1 fully saturated rings. The highest BCUT2D eigenvalue weighted by Crippen LogP contribution is 2.31. The van der Waals surface area contributed by atoms with E-state index in [9.17, 15) is 18.0 Å². The highest BCUT2D eigenvalue weighted by atomic mass is 79.9. The topological polar surface area (TPSA) is 105 Å². The molecule has 0 saturated heterocycles. The molecule has 1 aliphatic rings. The minimum Gasteiger partial charge on any atom is -0.299 e. The zero-order valence-corrected chi connectivity index (χ0v) is 19.0. The van der Waals surface area contributed by atoms with E-state index in [0.717, 1.165) is 4.47 Å². The Morgan fingerprint density at radius 3 is 2.27 bits per heavy atom. The van der Waals surface area contributed by atoms with Crippen LogP contribution < -0.4 is 10.1 Å². The molecule has 0 unspecified atom stereocenters. The van der Waals surface area contributed by atoms with Crippen molar-refractivity contribution < 1.29 is 18.0 Å². The van der Waals surface area contributed by atoms with Crippen molar-refractivity contribution in [2.75, 3.05) is 4.72 Å². The normalized spacial score (nSPS) is 17.6. The number of Topliss-reactive ketones (excluding diaryl/α,β-unsaturated/α-hetero) is 1. The van der Waals surface area contributed by atoms with Gasteiger partial charge in [-0.3, -0.25) is 14.3 Å². The second-order valence-corrected chi connectivity index (χ2v) is 10.6. The summed E-state index contributed by atoms with van der Waals surface area (Å²) in [6, 6.07) is 12.3. The number of ketones is 1. The molecule has 1 saturated carbocycles. The number of anilines is 1. The lowest BCUT2D eigenvalue weighted by atomic mass is 9.76. The zero-order chi connectivity index (χ0) is 21.9. The smallest absolute Gasteiger partial charge is 0.271 e. The lowest BCUT2D eigenvalue weighted by molar-refractivity contribution is -0.120. The molecular weight excluding hydrogens is 470 g/mol. The van der Waals surface area contributed by atoms with Crippen molar-refractivity contribution >= 4 is 49.0 Å². The minimum absolute atomic E-state index is 0.113. The van der Waals surface area contributed by atoms with E-state index in [1.165, 1.54) is 36.4 Å². The van der Waals surface area contributed by atoms with Gasteiger partial charge < -0.3 is 0 Å². The Hall–Kier alpha value is -2.52. The molecule has 7 nitrogen and oxygen atoms in total. The molecule has 158 valence electrons. The number of hydrogen-bond donors (Lipinski definition) is 2. The number of hydrogen-bond acceptors (Lipinski definition) is 5. The number of hydrazone groups is 1. The number of nitrogens with zero attached hydrogens (tertiary/aromatic N) is 1. The number of rotatable bonds is 5. The van der Waals surface area contributed by atoms with Gasteiger partial charge in [0, 0.05) is 34.3 Å². The van der Waals surface area contributed by atoms with Crippen LogP contribution in [-0.2, 0) is 14.8 Å². The predicted octanol–water partition coefficient (Wildman–Crippen LogP) is 4.11. The summed E-state index contributed by atoms with van der Waals surface area (Å²) in [5.41, 5.74) is 3.64. The maximum Gasteiger partial charge on any atom is 0.271 e. The van der Waals surface area contributed by atoms with Crippen LogP contribution in [-0.4, -0.2) is 25.8 Å². The van der Waals surface area contributed by atoms with E-state index in [2.05, 4.69) is 31.2 Å². The van der Waals surface area contributed by atoms with Crippen LogP contribution in [0.1, 0.15) is 43.5 Å². The van der Waals surface area contributed by atoms with Crippen LogP contribution in [0.25, 0.3) is 0 Å². The fourth-order valence-corrected chi connectivity index (χ4v) is 4.62. The van der Waals surface area contributed by atoms with E-state index in [1.807, 2.05) is 13.8 Å². The summed E-state index contributed by atoms with van der Waals surface area (Å²) >= 11 is 3.27. The van der Waals surface area contributed by atoms with E-state index in [-0.39, 0.29) is 22.5 Å². The molecule has 30 heavy (non-hydrogen) atoms. The van der Waals surface area contributed by atoms with Gasteiger partial charge in [0.15, 0.2) is 0 Å². The Bertz CT molecular complexity index is 1090. The zero-order valence-electron chi connectivity index (χ0n) is 16.6. The summed E-state index contributed by atoms with van der Waals surface area (Å²) in [6.45, 7) is 3.99. The van der Waals surface area contributed by atoms with Gasteiger partial charge in [0.1, 0.15) is 5.78 Å². The lowest BCUT2D eigenvalue weighted by Crippen LogP contribution is -2.31. The quantitative estimate of drug-likeness (QED) is 0.613. The van der Waals surface area contributed by atoms with E-state index in [4.69, 9.17) is 0 Å². The minimum atomic E-state index is -3.73. The van der Waals surface area contributed by atoms with E-state index in [0.29, 0.717) is 29.8 Å². The van der Waals surface area contributed by atoms with Gasteiger partial charge in [-0.05, 0) is 60.4 Å². The van der Waals surface area contributed by atoms with Crippen LogP contribution in [0.3, 0.4) is 0 Å². The third-order valence-corrected chi connectivity index (χ3v) is 6.52. The van der Waals surface area contributed by atoms with Crippen molar-refractivity contribution in [1.29, 1.82) is 0 Å². The maximum absolute atomic E-state index is 12.4. The van der Waals surface area contributed by atoms with Crippen molar-refractivity contribution in [3.63, 3.8) is 0 Å². The number of amides is 1. The molecule has 0 heterocycles. The summed E-state index contributed by atoms with van der Waals surface area (Å²) in [5.74, 6) is -0.317. The number of benzene rings is 2. The maximum atomic E-state index is 12.4. The third-order valence-electron chi connectivity index (χ3n) is 4.60. The van der Waals surface area contributed by atoms with Gasteiger partial charge in [0.25, 0.3) is 15.9 Å². The molecular formula is C21H22BrN3O4S. The van der Waals surface area contributed by atoms with Crippen LogP contribution in [0.4, 0.5) is 5.69 Å². The second kappa shape index (κ2) is 8.69. The van der Waals surface area contributed by atoms with Gasteiger partial charge >= 0.3 is 0 Å². The van der Waals surface area contributed by atoms with Crippen molar-refractivity contribution in [3.8, 4) is 0 Å². The predicted molar refractivity (Wildman–Crippen MR) is 119 cm³/mol.